The molecule has 0 aliphatic rings. The fourth-order valence-electron chi connectivity index (χ4n) is 1.97. The number of anilines is 1. The predicted octanol–water partition coefficient (Wildman–Crippen LogP) is 4.29. The maximum Gasteiger partial charge on any atom is 0.250 e. The Kier molecular flexibility index (Phi) is 4.98. The largest absolute Gasteiger partial charge is 0.457 e. The van der Waals surface area contributed by atoms with Crippen molar-refractivity contribution in [1.82, 2.24) is 10.2 Å². The number of aryl methyl sites for hydroxylation is 1. The van der Waals surface area contributed by atoms with Crippen molar-refractivity contribution in [2.24, 2.45) is 0 Å². The molecule has 0 aliphatic carbocycles. The number of ether oxygens (including phenoxy) is 1. The maximum absolute atomic E-state index is 11.9. The number of hydrogen-bond acceptors (Lipinski definition) is 5. The van der Waals surface area contributed by atoms with Crippen LogP contribution in [0, 0.1) is 6.92 Å². The summed E-state index contributed by atoms with van der Waals surface area (Å²) in [4.78, 5) is 11.9. The highest BCUT2D eigenvalue weighted by atomic mass is 32.1. The van der Waals surface area contributed by atoms with E-state index in [1.54, 1.807) is 6.08 Å². The Balaban J connectivity index is 1.64. The number of aromatic nitrogens is 2. The summed E-state index contributed by atoms with van der Waals surface area (Å²) in [5.74, 6) is 1.23. The van der Waals surface area contributed by atoms with Gasteiger partial charge in [0.25, 0.3) is 0 Å². The van der Waals surface area contributed by atoms with E-state index in [1.165, 1.54) is 17.4 Å². The number of para-hydroxylation sites is 1. The molecule has 0 radical (unpaired) electrons. The Morgan fingerprint density at radius 1 is 1.08 bits per heavy atom. The van der Waals surface area contributed by atoms with Gasteiger partial charge in [0.05, 0.1) is 0 Å². The number of benzene rings is 2. The third-order valence-corrected chi connectivity index (χ3v) is 3.77. The number of carbonyl (C=O) groups is 1. The van der Waals surface area contributed by atoms with Crippen molar-refractivity contribution in [3.05, 3.63) is 71.2 Å². The molecule has 0 saturated carbocycles. The van der Waals surface area contributed by atoms with Gasteiger partial charge < -0.3 is 4.74 Å². The van der Waals surface area contributed by atoms with Gasteiger partial charge in [-0.15, -0.1) is 10.2 Å². The smallest absolute Gasteiger partial charge is 0.250 e. The third-order valence-electron chi connectivity index (χ3n) is 3.02. The standard InChI is InChI=1S/C18H15N3O2S/c1-13-20-21-18(24-13)19-17(22)11-10-14-6-5-9-16(12-14)23-15-7-3-2-4-8-15/h2-12H,1H3,(H,19,21,22)/b11-10+. The Bertz CT molecular complexity index is 859. The molecular formula is C18H15N3O2S. The molecule has 24 heavy (non-hydrogen) atoms. The second kappa shape index (κ2) is 7.52. The molecule has 0 saturated heterocycles. The summed E-state index contributed by atoms with van der Waals surface area (Å²) >= 11 is 1.33. The number of nitrogens with zero attached hydrogens (tertiary/aromatic N) is 2. The van der Waals surface area contributed by atoms with Gasteiger partial charge in [-0.3, -0.25) is 10.1 Å². The van der Waals surface area contributed by atoms with E-state index in [1.807, 2.05) is 61.5 Å². The molecule has 1 amide bonds. The molecule has 0 atom stereocenters. The lowest BCUT2D eigenvalue weighted by Gasteiger charge is -2.05. The summed E-state index contributed by atoms with van der Waals surface area (Å²) in [6.07, 6.45) is 3.18. The minimum atomic E-state index is -0.250. The van der Waals surface area contributed by atoms with Crippen LogP contribution in [-0.4, -0.2) is 16.1 Å². The fourth-order valence-corrected chi connectivity index (χ4v) is 2.57. The first-order valence-corrected chi connectivity index (χ1v) is 8.13. The molecule has 2 aromatic carbocycles. The highest BCUT2D eigenvalue weighted by molar-refractivity contribution is 7.15. The van der Waals surface area contributed by atoms with Crippen molar-refractivity contribution in [2.45, 2.75) is 6.92 Å². The van der Waals surface area contributed by atoms with Crippen LogP contribution >= 0.6 is 11.3 Å². The van der Waals surface area contributed by atoms with Gasteiger partial charge in [-0.25, -0.2) is 0 Å². The van der Waals surface area contributed by atoms with Crippen LogP contribution in [0.3, 0.4) is 0 Å². The summed E-state index contributed by atoms with van der Waals surface area (Å²) in [6.45, 7) is 1.83. The summed E-state index contributed by atoms with van der Waals surface area (Å²) in [5.41, 5.74) is 0.868. The summed E-state index contributed by atoms with van der Waals surface area (Å²) in [5, 5.41) is 11.7. The van der Waals surface area contributed by atoms with Gasteiger partial charge in [0, 0.05) is 6.08 Å². The second-order valence-electron chi connectivity index (χ2n) is 4.94. The zero-order valence-corrected chi connectivity index (χ0v) is 13.8. The average molecular weight is 337 g/mol. The highest BCUT2D eigenvalue weighted by Gasteiger charge is 2.03. The zero-order chi connectivity index (χ0) is 16.8. The Labute approximate surface area is 143 Å². The first-order chi connectivity index (χ1) is 11.7. The number of hydrogen-bond donors (Lipinski definition) is 1. The van der Waals surface area contributed by atoms with E-state index in [9.17, 15) is 4.79 Å². The lowest BCUT2D eigenvalue weighted by molar-refractivity contribution is -0.111. The van der Waals surface area contributed by atoms with E-state index in [-0.39, 0.29) is 5.91 Å². The molecule has 3 aromatic rings. The monoisotopic (exact) mass is 337 g/mol. The van der Waals surface area contributed by atoms with Gasteiger partial charge in [0.15, 0.2) is 0 Å². The van der Waals surface area contributed by atoms with Crippen LogP contribution in [0.1, 0.15) is 10.6 Å². The molecule has 3 rings (SSSR count). The van der Waals surface area contributed by atoms with Crippen molar-refractivity contribution in [3.8, 4) is 11.5 Å². The van der Waals surface area contributed by atoms with Crippen molar-refractivity contribution >= 4 is 28.5 Å². The van der Waals surface area contributed by atoms with Gasteiger partial charge in [-0.1, -0.05) is 41.7 Å². The summed E-state index contributed by atoms with van der Waals surface area (Å²) in [7, 11) is 0. The topological polar surface area (TPSA) is 64.1 Å². The second-order valence-corrected chi connectivity index (χ2v) is 6.12. The Morgan fingerprint density at radius 2 is 1.88 bits per heavy atom. The number of amides is 1. The van der Waals surface area contributed by atoms with E-state index >= 15 is 0 Å². The molecule has 0 spiro atoms. The lowest BCUT2D eigenvalue weighted by atomic mass is 10.2. The van der Waals surface area contributed by atoms with E-state index in [2.05, 4.69) is 15.5 Å². The Morgan fingerprint density at radius 3 is 2.62 bits per heavy atom. The molecule has 5 nitrogen and oxygen atoms in total. The normalized spacial score (nSPS) is 10.7. The van der Waals surface area contributed by atoms with Crippen molar-refractivity contribution < 1.29 is 9.53 Å². The van der Waals surface area contributed by atoms with Crippen molar-refractivity contribution in [1.29, 1.82) is 0 Å². The third kappa shape index (κ3) is 4.50. The van der Waals surface area contributed by atoms with Crippen LogP contribution in [0.25, 0.3) is 6.08 Å². The van der Waals surface area contributed by atoms with Crippen molar-refractivity contribution in [2.75, 3.05) is 5.32 Å². The van der Waals surface area contributed by atoms with Gasteiger partial charge in [0.1, 0.15) is 16.5 Å². The molecule has 0 bridgehead atoms. The summed E-state index contributed by atoms with van der Waals surface area (Å²) < 4.78 is 5.77. The average Bonchev–Trinajstić information content (AvgIpc) is 2.99. The van der Waals surface area contributed by atoms with Crippen LogP contribution in [-0.2, 0) is 4.79 Å². The first-order valence-electron chi connectivity index (χ1n) is 7.31. The molecule has 1 aromatic heterocycles. The molecular weight excluding hydrogens is 322 g/mol. The van der Waals surface area contributed by atoms with E-state index in [0.717, 1.165) is 16.3 Å². The maximum atomic E-state index is 11.9. The van der Waals surface area contributed by atoms with Crippen LogP contribution in [0.5, 0.6) is 11.5 Å². The SMILES string of the molecule is Cc1nnc(NC(=O)/C=C/c2cccc(Oc3ccccc3)c2)s1. The molecule has 120 valence electrons. The van der Waals surface area contributed by atoms with E-state index in [4.69, 9.17) is 4.74 Å². The highest BCUT2D eigenvalue weighted by Crippen LogP contribution is 2.22. The number of rotatable bonds is 5. The molecule has 6 heteroatoms. The van der Waals surface area contributed by atoms with Crippen LogP contribution in [0.15, 0.2) is 60.7 Å². The van der Waals surface area contributed by atoms with Crippen LogP contribution in [0.2, 0.25) is 0 Å². The fraction of sp³-hybridized carbons (Fsp3) is 0.0556. The Hall–Kier alpha value is -2.99. The van der Waals surface area contributed by atoms with Gasteiger partial charge in [0.2, 0.25) is 11.0 Å². The van der Waals surface area contributed by atoms with Gasteiger partial charge in [-0.2, -0.15) is 0 Å². The minimum absolute atomic E-state index is 0.250. The molecule has 0 aliphatic heterocycles. The number of carbonyl (C=O) groups excluding carboxylic acids is 1. The van der Waals surface area contributed by atoms with Gasteiger partial charge >= 0.3 is 0 Å². The van der Waals surface area contributed by atoms with Crippen LogP contribution < -0.4 is 10.1 Å². The first kappa shape index (κ1) is 15.9. The lowest BCUT2D eigenvalue weighted by Crippen LogP contribution is -2.07. The van der Waals surface area contributed by atoms with Crippen LogP contribution in [0.4, 0.5) is 5.13 Å². The van der Waals surface area contributed by atoms with E-state index in [0.29, 0.717) is 10.9 Å². The summed E-state index contributed by atoms with van der Waals surface area (Å²) in [6, 6.07) is 17.1. The van der Waals surface area contributed by atoms with E-state index < -0.39 is 0 Å². The molecule has 0 fully saturated rings. The van der Waals surface area contributed by atoms with Crippen molar-refractivity contribution in [3.63, 3.8) is 0 Å². The quantitative estimate of drug-likeness (QED) is 0.705. The predicted molar refractivity (Wildman–Crippen MR) is 95.3 cm³/mol. The molecule has 1 heterocycles. The van der Waals surface area contributed by atoms with Gasteiger partial charge in [-0.05, 0) is 42.8 Å². The zero-order valence-electron chi connectivity index (χ0n) is 13.0. The molecule has 0 unspecified atom stereocenters. The minimum Gasteiger partial charge on any atom is -0.457 e. The molecule has 1 N–H and O–H groups in total. The number of nitrogens with one attached hydrogen (secondary N) is 1.